The van der Waals surface area contributed by atoms with Gasteiger partial charge in [-0.1, -0.05) is 87.9 Å². The molecule has 0 amide bonds. The van der Waals surface area contributed by atoms with Gasteiger partial charge in [-0.15, -0.1) is 0 Å². The Kier molecular flexibility index (Phi) is 22.8. The van der Waals surface area contributed by atoms with Crippen LogP contribution in [0.3, 0.4) is 0 Å². The van der Waals surface area contributed by atoms with E-state index < -0.39 is 0 Å². The molecule has 0 aliphatic carbocycles. The summed E-state index contributed by atoms with van der Waals surface area (Å²) in [6, 6.07) is 36.3. The van der Waals surface area contributed by atoms with E-state index in [1.807, 2.05) is 97.1 Å². The zero-order valence-corrected chi connectivity index (χ0v) is 34.3. The van der Waals surface area contributed by atoms with Gasteiger partial charge in [0.2, 0.25) is 0 Å². The van der Waals surface area contributed by atoms with Crippen LogP contribution in [0, 0.1) is 46.3 Å². The first kappa shape index (κ1) is 44.9. The van der Waals surface area contributed by atoms with Crippen molar-refractivity contribution in [3.8, 4) is 58.8 Å². The summed E-state index contributed by atoms with van der Waals surface area (Å²) >= 11 is 0. The quantitative estimate of drug-likeness (QED) is 0.0443. The third-order valence-corrected chi connectivity index (χ3v) is 9.60. The normalized spacial score (nSPS) is 10.2. The van der Waals surface area contributed by atoms with Crippen molar-refractivity contribution >= 4 is 0 Å². The van der Waals surface area contributed by atoms with Crippen LogP contribution < -0.4 is 18.9 Å². The molecule has 4 aromatic carbocycles. The Morgan fingerprint density at radius 2 is 0.483 bits per heavy atom. The first-order chi connectivity index (χ1) is 28.7. The van der Waals surface area contributed by atoms with Crippen molar-refractivity contribution in [1.29, 1.82) is 10.5 Å². The number of nitriles is 2. The standard InChI is InChI=1S/C52H60N2O4/c53-39-13-7-5-11-17-43-57-51-35-27-47(28-36-51)21-19-45-23-31-49(32-24-45)55-41-15-9-3-1-2-4-10-16-42-56-50-33-25-46(26-34-50)20-22-48-29-37-52(38-30-48)58-44-18-12-6-8-14-40-54/h23-38H,1-18,41-44H2. The number of hydrogen-bond donors (Lipinski definition) is 0. The van der Waals surface area contributed by atoms with E-state index in [0.29, 0.717) is 26.1 Å². The van der Waals surface area contributed by atoms with Crippen LogP contribution in [0.25, 0.3) is 0 Å². The Bertz CT molecular complexity index is 1760. The van der Waals surface area contributed by atoms with Gasteiger partial charge in [-0.25, -0.2) is 0 Å². The number of unbranched alkanes of at least 4 members (excludes halogenated alkanes) is 15. The fraction of sp³-hybridized carbons (Fsp3) is 0.423. The lowest BCUT2D eigenvalue weighted by atomic mass is 10.1. The second-order valence-electron chi connectivity index (χ2n) is 14.5. The maximum atomic E-state index is 8.60. The van der Waals surface area contributed by atoms with Crippen LogP contribution in [0.15, 0.2) is 97.1 Å². The van der Waals surface area contributed by atoms with E-state index in [0.717, 1.165) is 123 Å². The average Bonchev–Trinajstić information content (AvgIpc) is 3.26. The first-order valence-corrected chi connectivity index (χ1v) is 21.4. The smallest absolute Gasteiger partial charge is 0.119 e. The van der Waals surface area contributed by atoms with Crippen molar-refractivity contribution in [3.63, 3.8) is 0 Å². The van der Waals surface area contributed by atoms with Gasteiger partial charge in [0.05, 0.1) is 38.6 Å². The third-order valence-electron chi connectivity index (χ3n) is 9.60. The highest BCUT2D eigenvalue weighted by Gasteiger charge is 2.00. The molecule has 302 valence electrons. The Balaban J connectivity index is 0.960. The van der Waals surface area contributed by atoms with Crippen molar-refractivity contribution in [2.45, 2.75) is 116 Å². The molecule has 6 nitrogen and oxygen atoms in total. The van der Waals surface area contributed by atoms with Crippen molar-refractivity contribution in [1.82, 2.24) is 0 Å². The fourth-order valence-corrected chi connectivity index (χ4v) is 6.17. The van der Waals surface area contributed by atoms with Crippen molar-refractivity contribution in [2.75, 3.05) is 26.4 Å². The number of benzene rings is 4. The molecule has 0 saturated carbocycles. The van der Waals surface area contributed by atoms with Gasteiger partial charge < -0.3 is 18.9 Å². The van der Waals surface area contributed by atoms with Gasteiger partial charge in [-0.2, -0.15) is 10.5 Å². The second-order valence-corrected chi connectivity index (χ2v) is 14.5. The molecule has 6 heteroatoms. The van der Waals surface area contributed by atoms with E-state index in [9.17, 15) is 0 Å². The molecule has 0 heterocycles. The van der Waals surface area contributed by atoms with Gasteiger partial charge >= 0.3 is 0 Å². The Morgan fingerprint density at radius 1 is 0.276 bits per heavy atom. The van der Waals surface area contributed by atoms with Gasteiger partial charge in [-0.3, -0.25) is 0 Å². The molecule has 0 bridgehead atoms. The fourth-order valence-electron chi connectivity index (χ4n) is 6.17. The first-order valence-electron chi connectivity index (χ1n) is 21.4. The van der Waals surface area contributed by atoms with E-state index in [-0.39, 0.29) is 0 Å². The van der Waals surface area contributed by atoms with E-state index in [2.05, 4.69) is 35.8 Å². The summed E-state index contributed by atoms with van der Waals surface area (Å²) in [5, 5.41) is 17.2. The minimum atomic E-state index is 0.642. The predicted molar refractivity (Wildman–Crippen MR) is 234 cm³/mol. The van der Waals surface area contributed by atoms with Crippen LogP contribution in [0.5, 0.6) is 23.0 Å². The summed E-state index contributed by atoms with van der Waals surface area (Å²) in [7, 11) is 0. The zero-order chi connectivity index (χ0) is 40.6. The molecule has 0 spiro atoms. The van der Waals surface area contributed by atoms with Gasteiger partial charge in [-0.05, 0) is 136 Å². The number of nitrogens with zero attached hydrogens (tertiary/aromatic N) is 2. The topological polar surface area (TPSA) is 84.5 Å². The molecule has 0 atom stereocenters. The molecule has 0 saturated heterocycles. The highest BCUT2D eigenvalue weighted by molar-refractivity contribution is 5.46. The number of ether oxygens (including phenoxy) is 4. The van der Waals surface area contributed by atoms with Gasteiger partial charge in [0.15, 0.2) is 0 Å². The largest absolute Gasteiger partial charge is 0.494 e. The average molecular weight is 777 g/mol. The maximum absolute atomic E-state index is 8.60. The summed E-state index contributed by atoms with van der Waals surface area (Å²) in [6.45, 7) is 2.87. The van der Waals surface area contributed by atoms with E-state index in [4.69, 9.17) is 29.5 Å². The molecule has 0 N–H and O–H groups in total. The van der Waals surface area contributed by atoms with Gasteiger partial charge in [0.1, 0.15) is 23.0 Å². The molecule has 0 fully saturated rings. The Hall–Kier alpha value is -5.82. The van der Waals surface area contributed by atoms with Crippen molar-refractivity contribution in [2.24, 2.45) is 0 Å². The van der Waals surface area contributed by atoms with Gasteiger partial charge in [0.25, 0.3) is 0 Å². The van der Waals surface area contributed by atoms with E-state index in [1.54, 1.807) is 0 Å². The molecule has 0 aliphatic rings. The summed E-state index contributed by atoms with van der Waals surface area (Å²) < 4.78 is 23.6. The monoisotopic (exact) mass is 776 g/mol. The van der Waals surface area contributed by atoms with Crippen LogP contribution in [0.2, 0.25) is 0 Å². The Morgan fingerprint density at radius 3 is 0.707 bits per heavy atom. The van der Waals surface area contributed by atoms with Crippen LogP contribution in [0.1, 0.15) is 138 Å². The lowest BCUT2D eigenvalue weighted by molar-refractivity contribution is 0.301. The molecule has 0 aromatic heterocycles. The minimum Gasteiger partial charge on any atom is -0.494 e. The Labute approximate surface area is 348 Å². The summed E-state index contributed by atoms with van der Waals surface area (Å²) in [5.74, 6) is 16.4. The minimum absolute atomic E-state index is 0.642. The highest BCUT2D eigenvalue weighted by atomic mass is 16.5. The predicted octanol–water partition coefficient (Wildman–Crippen LogP) is 12.8. The summed E-state index contributed by atoms with van der Waals surface area (Å²) in [5.41, 5.74) is 3.84. The van der Waals surface area contributed by atoms with Crippen LogP contribution in [0.4, 0.5) is 0 Å². The van der Waals surface area contributed by atoms with Crippen molar-refractivity contribution < 1.29 is 18.9 Å². The van der Waals surface area contributed by atoms with Crippen LogP contribution in [-0.2, 0) is 0 Å². The molecule has 4 aromatic rings. The lowest BCUT2D eigenvalue weighted by Crippen LogP contribution is -1.98. The maximum Gasteiger partial charge on any atom is 0.119 e. The molecular formula is C52H60N2O4. The molecule has 0 radical (unpaired) electrons. The molecule has 0 aliphatic heterocycles. The molecular weight excluding hydrogens is 717 g/mol. The highest BCUT2D eigenvalue weighted by Crippen LogP contribution is 2.18. The van der Waals surface area contributed by atoms with Crippen LogP contribution >= 0.6 is 0 Å². The van der Waals surface area contributed by atoms with Crippen LogP contribution in [-0.4, -0.2) is 26.4 Å². The van der Waals surface area contributed by atoms with E-state index in [1.165, 1.54) is 38.5 Å². The lowest BCUT2D eigenvalue weighted by Gasteiger charge is -2.07. The van der Waals surface area contributed by atoms with Crippen molar-refractivity contribution in [3.05, 3.63) is 119 Å². The number of hydrogen-bond acceptors (Lipinski definition) is 6. The third kappa shape index (κ3) is 20.4. The van der Waals surface area contributed by atoms with Gasteiger partial charge in [0, 0.05) is 35.1 Å². The summed E-state index contributed by atoms with van der Waals surface area (Å²) in [4.78, 5) is 0. The molecule has 0 unspecified atom stereocenters. The summed E-state index contributed by atoms with van der Waals surface area (Å²) in [6.07, 6.45) is 19.1. The molecule has 4 rings (SSSR count). The second kappa shape index (κ2) is 29.4. The number of rotatable bonds is 27. The molecule has 58 heavy (non-hydrogen) atoms. The van der Waals surface area contributed by atoms with E-state index >= 15 is 0 Å². The zero-order valence-electron chi connectivity index (χ0n) is 34.3. The SMILES string of the molecule is N#CCCCCCCOc1ccc(C#Cc2ccc(OCCCCCCCCCCOc3ccc(C#Cc4ccc(OCCCCCCC#N)cc4)cc3)cc2)cc1.